The molecular formula is C12H22F2O5S. The Morgan fingerprint density at radius 3 is 2.15 bits per heavy atom. The molecule has 1 N–H and O–H groups in total. The van der Waals surface area contributed by atoms with Gasteiger partial charge in [0.25, 0.3) is 0 Å². The van der Waals surface area contributed by atoms with Crippen LogP contribution < -0.4 is 0 Å². The maximum Gasteiger partial charge on any atom is 0.405 e. The van der Waals surface area contributed by atoms with E-state index in [2.05, 4.69) is 4.74 Å². The summed E-state index contributed by atoms with van der Waals surface area (Å²) < 4.78 is 60.1. The minimum Gasteiger partial charge on any atom is -0.455 e. The Morgan fingerprint density at radius 2 is 1.80 bits per heavy atom. The normalized spacial score (nSPS) is 16.0. The van der Waals surface area contributed by atoms with Gasteiger partial charge in [-0.15, -0.1) is 0 Å². The number of carbonyl (C=O) groups excluding carboxylic acids is 1. The summed E-state index contributed by atoms with van der Waals surface area (Å²) >= 11 is 0. The van der Waals surface area contributed by atoms with E-state index in [0.717, 1.165) is 13.3 Å². The fourth-order valence-electron chi connectivity index (χ4n) is 1.85. The van der Waals surface area contributed by atoms with Crippen LogP contribution in [0.1, 0.15) is 47.0 Å². The molecule has 0 saturated carbocycles. The molecule has 0 aliphatic rings. The summed E-state index contributed by atoms with van der Waals surface area (Å²) in [7, 11) is -5.61. The molecule has 0 amide bonds. The van der Waals surface area contributed by atoms with Gasteiger partial charge in [-0.1, -0.05) is 27.2 Å². The molecular weight excluding hydrogens is 294 g/mol. The topological polar surface area (TPSA) is 80.7 Å². The second-order valence-corrected chi connectivity index (χ2v) is 6.61. The monoisotopic (exact) mass is 316 g/mol. The standard InChI is InChI=1S/C12H22F2O5S/c1-5-10(8(2)3)6-7-11(15)19-9(4)12(13,14)20(16,17)18/h8-10H,5-7H2,1-4H3,(H,16,17,18). The van der Waals surface area contributed by atoms with E-state index in [4.69, 9.17) is 4.55 Å². The quantitative estimate of drug-likeness (QED) is 0.550. The number of ether oxygens (including phenoxy) is 1. The van der Waals surface area contributed by atoms with E-state index in [1.165, 1.54) is 0 Å². The van der Waals surface area contributed by atoms with Crippen molar-refractivity contribution in [2.45, 2.75) is 58.3 Å². The number of hydrogen-bond acceptors (Lipinski definition) is 4. The van der Waals surface area contributed by atoms with Gasteiger partial charge in [0.2, 0.25) is 0 Å². The van der Waals surface area contributed by atoms with Crippen LogP contribution in [0.15, 0.2) is 0 Å². The first-order valence-corrected chi connectivity index (χ1v) is 7.91. The third kappa shape index (κ3) is 5.32. The molecule has 0 spiro atoms. The summed E-state index contributed by atoms with van der Waals surface area (Å²) in [6.07, 6.45) is -0.967. The molecule has 8 heteroatoms. The second-order valence-electron chi connectivity index (χ2n) is 5.12. The maximum atomic E-state index is 13.2. The van der Waals surface area contributed by atoms with Crippen LogP contribution in [-0.4, -0.2) is 30.3 Å². The average Bonchev–Trinajstić information content (AvgIpc) is 2.27. The summed E-state index contributed by atoms with van der Waals surface area (Å²) in [5.41, 5.74) is 0. The molecule has 5 nitrogen and oxygen atoms in total. The molecule has 0 aliphatic carbocycles. The smallest absolute Gasteiger partial charge is 0.405 e. The number of hydrogen-bond donors (Lipinski definition) is 1. The van der Waals surface area contributed by atoms with E-state index in [9.17, 15) is 22.0 Å². The van der Waals surface area contributed by atoms with Crippen LogP contribution in [0, 0.1) is 11.8 Å². The predicted molar refractivity (Wildman–Crippen MR) is 69.9 cm³/mol. The fraction of sp³-hybridized carbons (Fsp3) is 0.917. The molecule has 0 saturated heterocycles. The van der Waals surface area contributed by atoms with E-state index in [0.29, 0.717) is 12.3 Å². The van der Waals surface area contributed by atoms with Crippen LogP contribution in [0.2, 0.25) is 0 Å². The molecule has 0 aromatic heterocycles. The molecule has 20 heavy (non-hydrogen) atoms. The number of carbonyl (C=O) groups is 1. The summed E-state index contributed by atoms with van der Waals surface area (Å²) in [5, 5.41) is -4.51. The van der Waals surface area contributed by atoms with E-state index in [1.807, 2.05) is 20.8 Å². The van der Waals surface area contributed by atoms with Crippen molar-refractivity contribution in [2.75, 3.05) is 0 Å². The van der Waals surface area contributed by atoms with Crippen molar-refractivity contribution in [2.24, 2.45) is 11.8 Å². The van der Waals surface area contributed by atoms with Gasteiger partial charge in [-0.2, -0.15) is 17.2 Å². The van der Waals surface area contributed by atoms with Crippen molar-refractivity contribution in [1.82, 2.24) is 0 Å². The van der Waals surface area contributed by atoms with Gasteiger partial charge in [-0.25, -0.2) is 0 Å². The lowest BCUT2D eigenvalue weighted by molar-refractivity contribution is -0.159. The minimum atomic E-state index is -5.61. The van der Waals surface area contributed by atoms with Gasteiger partial charge in [-0.3, -0.25) is 9.35 Å². The van der Waals surface area contributed by atoms with Gasteiger partial charge in [0.1, 0.15) is 0 Å². The Labute approximate surface area is 118 Å². The maximum absolute atomic E-state index is 13.2. The molecule has 0 heterocycles. The lowest BCUT2D eigenvalue weighted by Crippen LogP contribution is -2.42. The molecule has 2 unspecified atom stereocenters. The molecule has 2 atom stereocenters. The van der Waals surface area contributed by atoms with Crippen LogP contribution in [0.3, 0.4) is 0 Å². The van der Waals surface area contributed by atoms with Crippen LogP contribution in [0.5, 0.6) is 0 Å². The van der Waals surface area contributed by atoms with Crippen molar-refractivity contribution >= 4 is 16.1 Å². The zero-order chi connectivity index (χ0) is 16.1. The molecule has 0 aliphatic heterocycles. The van der Waals surface area contributed by atoms with E-state index in [1.54, 1.807) is 0 Å². The Balaban J connectivity index is 4.49. The SMILES string of the molecule is CCC(CCC(=O)OC(C)C(F)(F)S(=O)(=O)O)C(C)C. The zero-order valence-corrected chi connectivity index (χ0v) is 12.9. The largest absolute Gasteiger partial charge is 0.455 e. The first-order chi connectivity index (χ1) is 8.93. The molecule has 0 aromatic carbocycles. The van der Waals surface area contributed by atoms with E-state index >= 15 is 0 Å². The second kappa shape index (κ2) is 7.31. The van der Waals surface area contributed by atoms with Gasteiger partial charge in [0.15, 0.2) is 6.10 Å². The number of rotatable bonds is 8. The molecule has 0 rings (SSSR count). The van der Waals surface area contributed by atoms with Gasteiger partial charge >= 0.3 is 21.3 Å². The van der Waals surface area contributed by atoms with Crippen LogP contribution in [0.4, 0.5) is 8.78 Å². The van der Waals surface area contributed by atoms with Crippen LogP contribution in [0.25, 0.3) is 0 Å². The van der Waals surface area contributed by atoms with Gasteiger partial charge < -0.3 is 4.74 Å². The highest BCUT2D eigenvalue weighted by molar-refractivity contribution is 7.86. The summed E-state index contributed by atoms with van der Waals surface area (Å²) in [4.78, 5) is 11.4. The van der Waals surface area contributed by atoms with E-state index < -0.39 is 27.4 Å². The number of alkyl halides is 2. The van der Waals surface area contributed by atoms with Crippen LogP contribution >= 0.6 is 0 Å². The predicted octanol–water partition coefficient (Wildman–Crippen LogP) is 2.86. The first-order valence-electron chi connectivity index (χ1n) is 6.47. The summed E-state index contributed by atoms with van der Waals surface area (Å²) in [6.45, 7) is 6.68. The van der Waals surface area contributed by atoms with Gasteiger partial charge in [0.05, 0.1) is 0 Å². The highest BCUT2D eigenvalue weighted by Crippen LogP contribution is 2.28. The number of halogens is 2. The fourth-order valence-corrected chi connectivity index (χ4v) is 2.31. The first kappa shape index (κ1) is 19.2. The van der Waals surface area contributed by atoms with Crippen LogP contribution in [-0.2, 0) is 19.6 Å². The molecule has 0 radical (unpaired) electrons. The molecule has 120 valence electrons. The Bertz CT molecular complexity index is 420. The molecule has 0 aromatic rings. The van der Waals surface area contributed by atoms with E-state index in [-0.39, 0.29) is 12.3 Å². The van der Waals surface area contributed by atoms with Crippen molar-refractivity contribution in [3.8, 4) is 0 Å². The van der Waals surface area contributed by atoms with Crippen molar-refractivity contribution < 1.29 is 31.3 Å². The third-order valence-electron chi connectivity index (χ3n) is 3.31. The molecule has 0 fully saturated rings. The lowest BCUT2D eigenvalue weighted by Gasteiger charge is -2.22. The molecule has 0 bridgehead atoms. The Morgan fingerprint density at radius 1 is 1.30 bits per heavy atom. The average molecular weight is 316 g/mol. The van der Waals surface area contributed by atoms with Crippen molar-refractivity contribution in [1.29, 1.82) is 0 Å². The number of esters is 1. The van der Waals surface area contributed by atoms with Gasteiger partial charge in [-0.05, 0) is 25.2 Å². The highest BCUT2D eigenvalue weighted by Gasteiger charge is 2.51. The highest BCUT2D eigenvalue weighted by atomic mass is 32.2. The zero-order valence-electron chi connectivity index (χ0n) is 12.1. The summed E-state index contributed by atoms with van der Waals surface area (Å²) in [6, 6.07) is 0. The summed E-state index contributed by atoms with van der Waals surface area (Å²) in [5.74, 6) is -0.288. The third-order valence-corrected chi connectivity index (χ3v) is 4.33. The van der Waals surface area contributed by atoms with Crippen molar-refractivity contribution in [3.63, 3.8) is 0 Å². The van der Waals surface area contributed by atoms with Gasteiger partial charge in [0, 0.05) is 6.42 Å². The Hall–Kier alpha value is -0.760. The lowest BCUT2D eigenvalue weighted by atomic mass is 9.89. The Kier molecular flexibility index (Phi) is 7.03. The van der Waals surface area contributed by atoms with Crippen molar-refractivity contribution in [3.05, 3.63) is 0 Å². The minimum absolute atomic E-state index is 0.0669.